The van der Waals surface area contributed by atoms with Crippen LogP contribution in [-0.2, 0) is 10.0 Å². The zero-order chi connectivity index (χ0) is 19.0. The summed E-state index contributed by atoms with van der Waals surface area (Å²) < 4.78 is 39.5. The maximum absolute atomic E-state index is 12.8. The average molecular weight is 405 g/mol. The van der Waals surface area contributed by atoms with Gasteiger partial charge < -0.3 is 9.15 Å². The fourth-order valence-electron chi connectivity index (χ4n) is 2.94. The Morgan fingerprint density at radius 2 is 2.07 bits per heavy atom. The van der Waals surface area contributed by atoms with Crippen LogP contribution in [0.1, 0.15) is 36.6 Å². The Kier molecular flexibility index (Phi) is 4.69. The molecule has 0 radical (unpaired) electrons. The molecule has 1 aromatic carbocycles. The van der Waals surface area contributed by atoms with Crippen molar-refractivity contribution in [3.63, 3.8) is 0 Å². The summed E-state index contributed by atoms with van der Waals surface area (Å²) >= 11 is 1.16. The molecule has 142 valence electrons. The van der Waals surface area contributed by atoms with Gasteiger partial charge in [-0.2, -0.15) is 0 Å². The number of rotatable bonds is 6. The predicted octanol–water partition coefficient (Wildman–Crippen LogP) is 4.79. The number of hydrogen-bond donors (Lipinski definition) is 1. The number of ether oxygens (including phenoxy) is 1. The lowest BCUT2D eigenvalue weighted by Gasteiger charge is -2.21. The highest BCUT2D eigenvalue weighted by molar-refractivity contribution is 7.94. The number of oxazole rings is 1. The summed E-state index contributed by atoms with van der Waals surface area (Å²) in [6, 6.07) is 8.67. The van der Waals surface area contributed by atoms with Gasteiger partial charge >= 0.3 is 0 Å². The van der Waals surface area contributed by atoms with E-state index in [9.17, 15) is 8.42 Å². The smallest absolute Gasteiger partial charge is 0.271 e. The van der Waals surface area contributed by atoms with Crippen LogP contribution in [0.25, 0.3) is 10.6 Å². The highest BCUT2D eigenvalue weighted by Crippen LogP contribution is 2.39. The van der Waals surface area contributed by atoms with Gasteiger partial charge in [-0.25, -0.2) is 13.4 Å². The number of nitrogens with zero attached hydrogens (tertiary/aromatic N) is 1. The van der Waals surface area contributed by atoms with Crippen molar-refractivity contribution in [3.05, 3.63) is 48.0 Å². The third kappa shape index (κ3) is 3.59. The standard InChI is InChI=1S/C19H20N2O4S2/c1-12-6-7-15(24-2)14(10-12)21-27(22,23)18-9-8-17(26-18)16-11-20-19(25-16)13-4-3-5-13/h6-11,13,21H,3-5H2,1-2H3. The quantitative estimate of drug-likeness (QED) is 0.639. The molecule has 1 fully saturated rings. The Hall–Kier alpha value is -2.32. The highest BCUT2D eigenvalue weighted by atomic mass is 32.2. The van der Waals surface area contributed by atoms with Crippen molar-refractivity contribution in [2.75, 3.05) is 11.8 Å². The number of methoxy groups -OCH3 is 1. The number of benzene rings is 1. The van der Waals surface area contributed by atoms with Crippen LogP contribution in [0.2, 0.25) is 0 Å². The molecule has 2 aromatic heterocycles. The molecule has 0 atom stereocenters. The van der Waals surface area contributed by atoms with Gasteiger partial charge in [-0.1, -0.05) is 12.5 Å². The second kappa shape index (κ2) is 7.01. The maximum atomic E-state index is 12.8. The van der Waals surface area contributed by atoms with Crippen LogP contribution in [0.3, 0.4) is 0 Å². The van der Waals surface area contributed by atoms with Crippen molar-refractivity contribution < 1.29 is 17.6 Å². The van der Waals surface area contributed by atoms with Gasteiger partial charge in [-0.3, -0.25) is 4.72 Å². The van der Waals surface area contributed by atoms with Crippen LogP contribution in [0.5, 0.6) is 5.75 Å². The molecule has 1 saturated carbocycles. The van der Waals surface area contributed by atoms with E-state index in [2.05, 4.69) is 9.71 Å². The molecular formula is C19H20N2O4S2. The van der Waals surface area contributed by atoms with Gasteiger partial charge in [0.2, 0.25) is 0 Å². The number of anilines is 1. The Labute approximate surface area is 162 Å². The van der Waals surface area contributed by atoms with Gasteiger partial charge in [-0.05, 0) is 49.6 Å². The van der Waals surface area contributed by atoms with Crippen molar-refractivity contribution in [1.82, 2.24) is 4.98 Å². The zero-order valence-corrected chi connectivity index (χ0v) is 16.7. The molecule has 6 nitrogen and oxygen atoms in total. The van der Waals surface area contributed by atoms with Gasteiger partial charge in [-0.15, -0.1) is 11.3 Å². The normalized spacial score (nSPS) is 14.7. The molecule has 0 spiro atoms. The molecule has 1 N–H and O–H groups in total. The minimum Gasteiger partial charge on any atom is -0.495 e. The molecule has 0 unspecified atom stereocenters. The van der Waals surface area contributed by atoms with Crippen molar-refractivity contribution >= 4 is 27.0 Å². The van der Waals surface area contributed by atoms with Gasteiger partial charge in [0.05, 0.1) is 23.9 Å². The summed E-state index contributed by atoms with van der Waals surface area (Å²) in [5.41, 5.74) is 1.35. The Bertz CT molecular complexity index is 1070. The van der Waals surface area contributed by atoms with Crippen molar-refractivity contribution in [2.24, 2.45) is 0 Å². The molecule has 0 bridgehead atoms. The number of hydrogen-bond acceptors (Lipinski definition) is 6. The minimum atomic E-state index is -3.73. The Balaban J connectivity index is 1.58. The summed E-state index contributed by atoms with van der Waals surface area (Å²) in [7, 11) is -2.22. The Morgan fingerprint density at radius 1 is 1.26 bits per heavy atom. The first kappa shape index (κ1) is 18.1. The van der Waals surface area contributed by atoms with Gasteiger partial charge in [0.15, 0.2) is 11.7 Å². The van der Waals surface area contributed by atoms with Crippen LogP contribution >= 0.6 is 11.3 Å². The molecule has 4 rings (SSSR count). The molecule has 0 aliphatic heterocycles. The first-order valence-electron chi connectivity index (χ1n) is 8.69. The number of sulfonamides is 1. The lowest BCUT2D eigenvalue weighted by molar-refractivity contribution is 0.338. The molecule has 0 saturated heterocycles. The van der Waals surface area contributed by atoms with Crippen molar-refractivity contribution in [2.45, 2.75) is 36.3 Å². The van der Waals surface area contributed by atoms with Gasteiger partial charge in [0.1, 0.15) is 9.96 Å². The summed E-state index contributed by atoms with van der Waals surface area (Å²) in [5, 5.41) is 0. The highest BCUT2D eigenvalue weighted by Gasteiger charge is 2.25. The van der Waals surface area contributed by atoms with Crippen LogP contribution < -0.4 is 9.46 Å². The van der Waals surface area contributed by atoms with E-state index < -0.39 is 10.0 Å². The second-order valence-corrected chi connectivity index (χ2v) is 9.61. The van der Waals surface area contributed by atoms with E-state index in [1.165, 1.54) is 13.5 Å². The number of nitrogens with one attached hydrogen (secondary N) is 1. The number of aryl methyl sites for hydroxylation is 1. The van der Waals surface area contributed by atoms with E-state index in [-0.39, 0.29) is 4.21 Å². The maximum Gasteiger partial charge on any atom is 0.271 e. The molecule has 27 heavy (non-hydrogen) atoms. The molecular weight excluding hydrogens is 384 g/mol. The van der Waals surface area contributed by atoms with Crippen LogP contribution in [-0.4, -0.2) is 20.5 Å². The summed E-state index contributed by atoms with van der Waals surface area (Å²) in [6.45, 7) is 1.89. The van der Waals surface area contributed by atoms with E-state index in [1.54, 1.807) is 30.5 Å². The van der Waals surface area contributed by atoms with E-state index in [0.29, 0.717) is 23.1 Å². The second-order valence-electron chi connectivity index (χ2n) is 6.62. The fourth-order valence-corrected chi connectivity index (χ4v) is 5.25. The number of thiophene rings is 1. The first-order valence-corrected chi connectivity index (χ1v) is 11.0. The van der Waals surface area contributed by atoms with Gasteiger partial charge in [0, 0.05) is 5.92 Å². The van der Waals surface area contributed by atoms with Crippen molar-refractivity contribution in [3.8, 4) is 16.4 Å². The summed E-state index contributed by atoms with van der Waals surface area (Å²) in [5.74, 6) is 2.23. The number of aromatic nitrogens is 1. The Morgan fingerprint density at radius 3 is 2.78 bits per heavy atom. The van der Waals surface area contributed by atoms with Gasteiger partial charge in [0.25, 0.3) is 10.0 Å². The first-order chi connectivity index (χ1) is 13.0. The van der Waals surface area contributed by atoms with E-state index in [4.69, 9.17) is 9.15 Å². The summed E-state index contributed by atoms with van der Waals surface area (Å²) in [4.78, 5) is 5.08. The largest absolute Gasteiger partial charge is 0.495 e. The van der Waals surface area contributed by atoms with Crippen LogP contribution in [0.15, 0.2) is 45.2 Å². The molecule has 8 heteroatoms. The predicted molar refractivity (Wildman–Crippen MR) is 105 cm³/mol. The van der Waals surface area contributed by atoms with E-state index in [0.717, 1.165) is 40.5 Å². The monoisotopic (exact) mass is 404 g/mol. The zero-order valence-electron chi connectivity index (χ0n) is 15.1. The van der Waals surface area contributed by atoms with E-state index >= 15 is 0 Å². The molecule has 1 aliphatic rings. The topological polar surface area (TPSA) is 81.4 Å². The molecule has 0 amide bonds. The van der Waals surface area contributed by atoms with E-state index in [1.807, 2.05) is 13.0 Å². The molecule has 3 aromatic rings. The third-order valence-electron chi connectivity index (χ3n) is 4.67. The lowest BCUT2D eigenvalue weighted by Crippen LogP contribution is -2.12. The fraction of sp³-hybridized carbons (Fsp3) is 0.316. The third-order valence-corrected chi connectivity index (χ3v) is 7.62. The van der Waals surface area contributed by atoms with Crippen LogP contribution in [0, 0.1) is 6.92 Å². The summed E-state index contributed by atoms with van der Waals surface area (Å²) in [6.07, 6.45) is 5.09. The average Bonchev–Trinajstić information content (AvgIpc) is 3.22. The van der Waals surface area contributed by atoms with Crippen molar-refractivity contribution in [1.29, 1.82) is 0 Å². The molecule has 2 heterocycles. The van der Waals surface area contributed by atoms with Crippen LogP contribution in [0.4, 0.5) is 5.69 Å². The SMILES string of the molecule is COc1ccc(C)cc1NS(=O)(=O)c1ccc(-c2cnc(C3CCC3)o2)s1. The minimum absolute atomic E-state index is 0.211. The molecule has 1 aliphatic carbocycles. The lowest BCUT2D eigenvalue weighted by atomic mass is 9.85.